The molecule has 9 unspecified atom stereocenters. The van der Waals surface area contributed by atoms with Gasteiger partial charge in [0.05, 0.1) is 24.2 Å². The number of fused-ring (bicyclic) bond motifs is 6. The van der Waals surface area contributed by atoms with Crippen molar-refractivity contribution < 1.29 is 9.06 Å². The third-order valence-corrected chi connectivity index (χ3v) is 14.0. The van der Waals surface area contributed by atoms with E-state index in [9.17, 15) is 0 Å². The number of nitrogens with zero attached hydrogens (tertiary/aromatic N) is 2. The van der Waals surface area contributed by atoms with Gasteiger partial charge in [0.25, 0.3) is 0 Å². The van der Waals surface area contributed by atoms with Gasteiger partial charge in [0.2, 0.25) is 5.70 Å². The predicted octanol–water partition coefficient (Wildman–Crippen LogP) is 10.7. The molecule has 0 amide bonds. The summed E-state index contributed by atoms with van der Waals surface area (Å²) in [5.74, 6) is 2.51. The van der Waals surface area contributed by atoms with Crippen LogP contribution in [0.15, 0.2) is 84.1 Å². The molecule has 2 heteroatoms. The van der Waals surface area contributed by atoms with Gasteiger partial charge >= 0.3 is 0 Å². The van der Waals surface area contributed by atoms with Gasteiger partial charge in [-0.3, -0.25) is 4.48 Å². The highest BCUT2D eigenvalue weighted by Crippen LogP contribution is 2.72. The van der Waals surface area contributed by atoms with E-state index >= 15 is 0 Å². The van der Waals surface area contributed by atoms with Crippen molar-refractivity contribution in [1.82, 2.24) is 0 Å². The third kappa shape index (κ3) is 4.09. The second kappa shape index (κ2) is 11.2. The zero-order valence-electron chi connectivity index (χ0n) is 31.0. The van der Waals surface area contributed by atoms with Crippen molar-refractivity contribution in [2.75, 3.05) is 14.1 Å². The maximum atomic E-state index is 2.82. The molecule has 0 N–H and O–H groups in total. The van der Waals surface area contributed by atoms with Crippen LogP contribution in [0.3, 0.4) is 0 Å². The van der Waals surface area contributed by atoms with E-state index in [0.29, 0.717) is 35.6 Å². The molecule has 246 valence electrons. The molecule has 2 aromatic carbocycles. The quantitative estimate of drug-likeness (QED) is 0.229. The van der Waals surface area contributed by atoms with Gasteiger partial charge in [-0.2, -0.15) is 0 Å². The molecule has 7 rings (SSSR count). The Labute approximate surface area is 285 Å². The van der Waals surface area contributed by atoms with Crippen molar-refractivity contribution in [2.45, 2.75) is 98.6 Å². The van der Waals surface area contributed by atoms with E-state index in [4.69, 9.17) is 0 Å². The highest BCUT2D eigenvalue weighted by Gasteiger charge is 2.75. The van der Waals surface area contributed by atoms with Crippen LogP contribution >= 0.6 is 0 Å². The number of hydrogen-bond acceptors (Lipinski definition) is 0. The number of hydrogen-bond donors (Lipinski definition) is 0. The molecule has 0 fully saturated rings. The first-order valence-corrected chi connectivity index (χ1v) is 18.5. The lowest BCUT2D eigenvalue weighted by molar-refractivity contribution is -0.950. The van der Waals surface area contributed by atoms with Gasteiger partial charge in [-0.1, -0.05) is 102 Å². The first-order chi connectivity index (χ1) is 22.4. The Bertz CT molecular complexity index is 1830. The molecule has 3 heterocycles. The molecule has 0 radical (unpaired) electrons. The normalized spacial score (nSPS) is 37.3. The minimum absolute atomic E-state index is 0.0420. The molecular weight excluding hydrogens is 569 g/mol. The summed E-state index contributed by atoms with van der Waals surface area (Å²) in [6.45, 7) is 22.0. The molecule has 2 aliphatic carbocycles. The van der Waals surface area contributed by atoms with Crippen LogP contribution in [0.25, 0.3) is 11.3 Å². The van der Waals surface area contributed by atoms with Crippen LogP contribution in [0.4, 0.5) is 0 Å². The summed E-state index contributed by atoms with van der Waals surface area (Å²) in [6.07, 6.45) is 20.7. The van der Waals surface area contributed by atoms with Gasteiger partial charge < -0.3 is 0 Å². The molecule has 2 nitrogen and oxygen atoms in total. The van der Waals surface area contributed by atoms with Gasteiger partial charge in [0.1, 0.15) is 24.8 Å². The Kier molecular flexibility index (Phi) is 7.68. The molecule has 0 saturated heterocycles. The number of rotatable bonds is 5. The standard InChI is InChI=1S/C45H58N2/c1-12-44-26-40(36-20-16-17-21-37(36)42-32(7)29(4)22-23-46(42)10)45(44,13-2)47(11)27-39(35-19-15-14-18-30(35)5)33(8)34(9)43(47)38-25-28(3)24-31(6)41(38)44/h14-21,23-27,29-30,33-35,43H,12-13,22H2,1-11H3/q+2. The lowest BCUT2D eigenvalue weighted by Crippen LogP contribution is -2.78. The summed E-state index contributed by atoms with van der Waals surface area (Å²) in [4.78, 5) is 0. The number of aryl methyl sites for hydroxylation is 2. The van der Waals surface area contributed by atoms with Crippen LogP contribution in [0.1, 0.15) is 107 Å². The topological polar surface area (TPSA) is 3.01 Å². The average Bonchev–Trinajstić information content (AvgIpc) is 3.03. The van der Waals surface area contributed by atoms with E-state index in [1.807, 2.05) is 0 Å². The highest BCUT2D eigenvalue weighted by atomic mass is 15.4. The van der Waals surface area contributed by atoms with Crippen LogP contribution in [0, 0.1) is 43.4 Å². The predicted molar refractivity (Wildman–Crippen MR) is 200 cm³/mol. The van der Waals surface area contributed by atoms with E-state index in [1.165, 1.54) is 33.5 Å². The monoisotopic (exact) mass is 626 g/mol. The van der Waals surface area contributed by atoms with Crippen LogP contribution < -0.4 is 0 Å². The minimum Gasteiger partial charge on any atom is -0.284 e. The SMILES string of the molecule is CCC12C=C(c3ccccc3C3=C(C)C(C)CC=[N+]3C)C1(CC)[N+]1(C)C=C(C3C=CC=CC3C)C(C)C(C)C1c1cc(C)cc(C)c12. The number of quaternary nitrogens is 1. The maximum absolute atomic E-state index is 2.82. The molecule has 3 aliphatic heterocycles. The largest absolute Gasteiger partial charge is 0.284 e. The van der Waals surface area contributed by atoms with Gasteiger partial charge in [-0.15, -0.1) is 0 Å². The third-order valence-electron chi connectivity index (χ3n) is 14.0. The summed E-state index contributed by atoms with van der Waals surface area (Å²) in [7, 11) is 4.89. The smallest absolute Gasteiger partial charge is 0.211 e. The maximum Gasteiger partial charge on any atom is 0.211 e. The van der Waals surface area contributed by atoms with Crippen molar-refractivity contribution in [3.8, 4) is 0 Å². The number of allylic oxidation sites excluding steroid dienone is 6. The molecule has 0 aromatic heterocycles. The lowest BCUT2D eigenvalue weighted by atomic mass is 9.43. The second-order valence-electron chi connectivity index (χ2n) is 16.2. The second-order valence-corrected chi connectivity index (χ2v) is 16.2. The van der Waals surface area contributed by atoms with Gasteiger partial charge in [-0.25, -0.2) is 4.58 Å². The van der Waals surface area contributed by atoms with Crippen LogP contribution in [0.2, 0.25) is 0 Å². The Morgan fingerprint density at radius 1 is 0.915 bits per heavy atom. The summed E-state index contributed by atoms with van der Waals surface area (Å²) in [6, 6.07) is 14.8. The van der Waals surface area contributed by atoms with E-state index in [2.05, 4.69) is 160 Å². The molecule has 47 heavy (non-hydrogen) atoms. The fourth-order valence-electron chi connectivity index (χ4n) is 11.6. The summed E-state index contributed by atoms with van der Waals surface area (Å²) >= 11 is 0. The van der Waals surface area contributed by atoms with Crippen LogP contribution in [-0.4, -0.2) is 34.9 Å². The average molecular weight is 627 g/mol. The Balaban J connectivity index is 1.57. The lowest BCUT2D eigenvalue weighted by Gasteiger charge is -2.71. The van der Waals surface area contributed by atoms with Crippen molar-refractivity contribution in [3.05, 3.63) is 118 Å². The van der Waals surface area contributed by atoms with Crippen molar-refractivity contribution in [3.63, 3.8) is 0 Å². The zero-order chi connectivity index (χ0) is 33.6. The Morgan fingerprint density at radius 3 is 2.30 bits per heavy atom. The molecule has 2 aromatic rings. The van der Waals surface area contributed by atoms with Gasteiger partial charge in [-0.05, 0) is 79.3 Å². The summed E-state index contributed by atoms with van der Waals surface area (Å²) in [5.41, 5.74) is 14.9. The van der Waals surface area contributed by atoms with Crippen LogP contribution in [0.5, 0.6) is 0 Å². The Hall–Kier alpha value is -3.23. The summed E-state index contributed by atoms with van der Waals surface area (Å²) in [5, 5.41) is 0. The molecule has 5 aliphatic rings. The van der Waals surface area contributed by atoms with E-state index in [-0.39, 0.29) is 11.0 Å². The fraction of sp³-hybridized carbons (Fsp3) is 0.489. The molecule has 0 spiro atoms. The van der Waals surface area contributed by atoms with E-state index in [0.717, 1.165) is 23.7 Å². The van der Waals surface area contributed by atoms with Gasteiger partial charge in [0, 0.05) is 41.4 Å². The zero-order valence-corrected chi connectivity index (χ0v) is 31.0. The number of likely N-dealkylation sites (N-methyl/N-ethyl adjacent to an activating group) is 1. The first-order valence-electron chi connectivity index (χ1n) is 18.5. The summed E-state index contributed by atoms with van der Waals surface area (Å²) < 4.78 is 3.36. The number of benzene rings is 2. The van der Waals surface area contributed by atoms with E-state index < -0.39 is 0 Å². The molecular formula is C45H58N2+2. The van der Waals surface area contributed by atoms with Crippen molar-refractivity contribution in [1.29, 1.82) is 0 Å². The highest BCUT2D eigenvalue weighted by molar-refractivity contribution is 5.90. The van der Waals surface area contributed by atoms with E-state index in [1.54, 1.807) is 22.3 Å². The fourth-order valence-corrected chi connectivity index (χ4v) is 11.6. The first kappa shape index (κ1) is 32.3. The van der Waals surface area contributed by atoms with Crippen molar-refractivity contribution in [2.24, 2.45) is 29.6 Å². The Morgan fingerprint density at radius 2 is 1.62 bits per heavy atom. The molecule has 0 saturated carbocycles. The van der Waals surface area contributed by atoms with Crippen LogP contribution in [-0.2, 0) is 5.41 Å². The molecule has 9 atom stereocenters. The molecule has 0 bridgehead atoms. The van der Waals surface area contributed by atoms with Gasteiger partial charge in [0.15, 0.2) is 0 Å². The minimum atomic E-state index is -0.0936. The van der Waals surface area contributed by atoms with Crippen molar-refractivity contribution >= 4 is 17.5 Å².